The van der Waals surface area contributed by atoms with Crippen molar-refractivity contribution < 1.29 is 9.53 Å². The quantitative estimate of drug-likeness (QED) is 0.875. The highest BCUT2D eigenvalue weighted by atomic mass is 16.5. The van der Waals surface area contributed by atoms with Gasteiger partial charge in [-0.1, -0.05) is 0 Å². The van der Waals surface area contributed by atoms with Gasteiger partial charge in [-0.3, -0.25) is 4.79 Å². The molecule has 0 saturated carbocycles. The summed E-state index contributed by atoms with van der Waals surface area (Å²) in [4.78, 5) is 17.8. The molecule has 0 atom stereocenters. The predicted molar refractivity (Wildman–Crippen MR) is 83.4 cm³/mol. The lowest BCUT2D eigenvalue weighted by Crippen LogP contribution is -2.58. The van der Waals surface area contributed by atoms with Crippen molar-refractivity contribution in [3.63, 3.8) is 0 Å². The zero-order valence-electron chi connectivity index (χ0n) is 13.1. The van der Waals surface area contributed by atoms with Gasteiger partial charge in [-0.2, -0.15) is 0 Å². The lowest BCUT2D eigenvalue weighted by atomic mass is 9.98. The zero-order chi connectivity index (χ0) is 15.3. The Labute approximate surface area is 125 Å². The third-order valence-corrected chi connectivity index (χ3v) is 3.78. The molecular formula is C17H22N2O2. The maximum atomic E-state index is 12.8. The average Bonchev–Trinajstić information content (AvgIpc) is 2.81. The first-order valence-corrected chi connectivity index (χ1v) is 7.32. The molecule has 0 spiro atoms. The Morgan fingerprint density at radius 2 is 1.81 bits per heavy atom. The molecule has 2 aromatic rings. The number of ether oxygens (including phenoxy) is 1. The minimum absolute atomic E-state index is 0.0718. The van der Waals surface area contributed by atoms with Crippen LogP contribution in [0.25, 0.3) is 10.9 Å². The summed E-state index contributed by atoms with van der Waals surface area (Å²) in [7, 11) is 0. The van der Waals surface area contributed by atoms with Crippen LogP contribution >= 0.6 is 0 Å². The minimum atomic E-state index is -0.324. The molecule has 4 nitrogen and oxygen atoms in total. The number of aromatic nitrogens is 1. The van der Waals surface area contributed by atoms with Crippen molar-refractivity contribution in [3.05, 3.63) is 36.0 Å². The highest BCUT2D eigenvalue weighted by molar-refractivity contribution is 5.98. The molecule has 0 aliphatic carbocycles. The molecule has 1 aromatic heterocycles. The van der Waals surface area contributed by atoms with Crippen molar-refractivity contribution in [2.45, 2.75) is 38.9 Å². The van der Waals surface area contributed by atoms with E-state index in [1.54, 1.807) is 0 Å². The van der Waals surface area contributed by atoms with Gasteiger partial charge < -0.3 is 14.6 Å². The monoisotopic (exact) mass is 286 g/mol. The molecule has 21 heavy (non-hydrogen) atoms. The normalized spacial score (nSPS) is 20.7. The fraction of sp³-hybridized carbons (Fsp3) is 0.471. The van der Waals surface area contributed by atoms with Crippen LogP contribution in [0.4, 0.5) is 0 Å². The van der Waals surface area contributed by atoms with E-state index in [9.17, 15) is 4.79 Å². The van der Waals surface area contributed by atoms with E-state index in [-0.39, 0.29) is 17.1 Å². The molecule has 0 bridgehead atoms. The number of aromatic amines is 1. The van der Waals surface area contributed by atoms with Crippen molar-refractivity contribution in [2.75, 3.05) is 13.1 Å². The van der Waals surface area contributed by atoms with Crippen LogP contribution in [0.15, 0.2) is 30.5 Å². The van der Waals surface area contributed by atoms with Crippen LogP contribution in [0.1, 0.15) is 38.1 Å². The smallest absolute Gasteiger partial charge is 0.254 e. The Hall–Kier alpha value is -1.81. The lowest BCUT2D eigenvalue weighted by Gasteiger charge is -2.47. The Morgan fingerprint density at radius 3 is 2.48 bits per heavy atom. The summed E-state index contributed by atoms with van der Waals surface area (Å²) in [5.41, 5.74) is 1.13. The van der Waals surface area contributed by atoms with Crippen LogP contribution in [-0.4, -0.2) is 40.1 Å². The van der Waals surface area contributed by atoms with Crippen molar-refractivity contribution in [3.8, 4) is 0 Å². The summed E-state index contributed by atoms with van der Waals surface area (Å²) in [6.45, 7) is 9.35. The van der Waals surface area contributed by atoms with Crippen molar-refractivity contribution in [1.82, 2.24) is 9.88 Å². The number of carbonyl (C=O) groups is 1. The largest absolute Gasteiger partial charge is 0.366 e. The second kappa shape index (κ2) is 4.60. The number of fused-ring (bicyclic) bond motifs is 1. The molecule has 1 fully saturated rings. The van der Waals surface area contributed by atoms with E-state index in [0.717, 1.165) is 16.5 Å². The van der Waals surface area contributed by atoms with Gasteiger partial charge in [0.05, 0.1) is 11.2 Å². The molecule has 3 rings (SSSR count). The number of rotatable bonds is 1. The lowest BCUT2D eigenvalue weighted by molar-refractivity contribution is -0.171. The van der Waals surface area contributed by atoms with E-state index in [4.69, 9.17) is 4.74 Å². The summed E-state index contributed by atoms with van der Waals surface area (Å²) >= 11 is 0. The number of morpholine rings is 1. The highest BCUT2D eigenvalue weighted by Crippen LogP contribution is 2.29. The third kappa shape index (κ3) is 2.81. The summed E-state index contributed by atoms with van der Waals surface area (Å²) < 4.78 is 6.04. The SMILES string of the molecule is CC1(C)CN(C(=O)c2ccc3[nH]ccc3c2)CC(C)(C)O1. The number of nitrogens with one attached hydrogen (secondary N) is 1. The molecule has 0 unspecified atom stereocenters. The van der Waals surface area contributed by atoms with Crippen molar-refractivity contribution in [2.24, 2.45) is 0 Å². The van der Waals surface area contributed by atoms with Crippen LogP contribution in [0.2, 0.25) is 0 Å². The Balaban J connectivity index is 1.90. The number of H-pyrrole nitrogens is 1. The van der Waals surface area contributed by atoms with Gasteiger partial charge in [0.2, 0.25) is 0 Å². The molecule has 1 amide bonds. The maximum absolute atomic E-state index is 12.8. The van der Waals surface area contributed by atoms with Gasteiger partial charge in [-0.25, -0.2) is 0 Å². The number of hydrogen-bond donors (Lipinski definition) is 1. The molecule has 1 N–H and O–H groups in total. The first kappa shape index (κ1) is 14.1. The van der Waals surface area contributed by atoms with Crippen molar-refractivity contribution in [1.29, 1.82) is 0 Å². The minimum Gasteiger partial charge on any atom is -0.366 e. The van der Waals surface area contributed by atoms with Crippen molar-refractivity contribution >= 4 is 16.8 Å². The number of hydrogen-bond acceptors (Lipinski definition) is 2. The van der Waals surface area contributed by atoms with Crippen LogP contribution in [-0.2, 0) is 4.74 Å². The third-order valence-electron chi connectivity index (χ3n) is 3.78. The summed E-state index contributed by atoms with van der Waals surface area (Å²) in [6.07, 6.45) is 1.89. The molecule has 0 radical (unpaired) electrons. The molecule has 112 valence electrons. The topological polar surface area (TPSA) is 45.3 Å². The van der Waals surface area contributed by atoms with E-state index < -0.39 is 0 Å². The number of nitrogens with zero attached hydrogens (tertiary/aromatic N) is 1. The van der Waals surface area contributed by atoms with E-state index in [1.165, 1.54) is 0 Å². The molecule has 2 heterocycles. The van der Waals surface area contributed by atoms with Crippen LogP contribution in [0.5, 0.6) is 0 Å². The fourth-order valence-electron chi connectivity index (χ4n) is 3.30. The van der Waals surface area contributed by atoms with Gasteiger partial charge >= 0.3 is 0 Å². The molecule has 1 saturated heterocycles. The molecule has 4 heteroatoms. The van der Waals surface area contributed by atoms with E-state index in [1.807, 2.05) is 63.1 Å². The standard InChI is InChI=1S/C17H22N2O2/c1-16(2)10-19(11-17(3,4)21-16)15(20)13-5-6-14-12(9-13)7-8-18-14/h5-9,18H,10-11H2,1-4H3. The van der Waals surface area contributed by atoms with Crippen LogP contribution < -0.4 is 0 Å². The Kier molecular flexibility index (Phi) is 3.10. The summed E-state index contributed by atoms with van der Waals surface area (Å²) in [5.74, 6) is 0.0718. The molecule has 1 aliphatic heterocycles. The molecule has 1 aromatic carbocycles. The second-order valence-electron chi connectivity index (χ2n) is 7.06. The first-order chi connectivity index (χ1) is 9.76. The Morgan fingerprint density at radius 1 is 1.14 bits per heavy atom. The van der Waals surface area contributed by atoms with Gasteiger partial charge in [0.15, 0.2) is 0 Å². The van der Waals surface area contributed by atoms with Gasteiger partial charge in [0, 0.05) is 35.8 Å². The van der Waals surface area contributed by atoms with Gasteiger partial charge in [0.25, 0.3) is 5.91 Å². The van der Waals surface area contributed by atoms with Gasteiger partial charge in [-0.15, -0.1) is 0 Å². The zero-order valence-corrected chi connectivity index (χ0v) is 13.1. The van der Waals surface area contributed by atoms with E-state index in [2.05, 4.69) is 4.98 Å². The second-order valence-corrected chi connectivity index (χ2v) is 7.06. The van der Waals surface area contributed by atoms with Crippen LogP contribution in [0, 0.1) is 0 Å². The predicted octanol–water partition coefficient (Wildman–Crippen LogP) is 3.20. The maximum Gasteiger partial charge on any atom is 0.254 e. The fourth-order valence-corrected chi connectivity index (χ4v) is 3.30. The number of amides is 1. The first-order valence-electron chi connectivity index (χ1n) is 7.32. The van der Waals surface area contributed by atoms with E-state index >= 15 is 0 Å². The summed E-state index contributed by atoms with van der Waals surface area (Å²) in [5, 5.41) is 1.06. The van der Waals surface area contributed by atoms with Crippen LogP contribution in [0.3, 0.4) is 0 Å². The average molecular weight is 286 g/mol. The van der Waals surface area contributed by atoms with Gasteiger partial charge in [-0.05, 0) is 52.0 Å². The van der Waals surface area contributed by atoms with Gasteiger partial charge in [0.1, 0.15) is 0 Å². The summed E-state index contributed by atoms with van der Waals surface area (Å²) in [6, 6.07) is 7.78. The molecular weight excluding hydrogens is 264 g/mol. The van der Waals surface area contributed by atoms with E-state index in [0.29, 0.717) is 13.1 Å². The molecule has 1 aliphatic rings. The Bertz CT molecular complexity index is 669. The highest BCUT2D eigenvalue weighted by Gasteiger charge is 2.40. The number of benzene rings is 1. The number of carbonyl (C=O) groups excluding carboxylic acids is 1.